The lowest BCUT2D eigenvalue weighted by Crippen LogP contribution is -2.30. The van der Waals surface area contributed by atoms with Crippen LogP contribution in [-0.4, -0.2) is 18.4 Å². The SMILES string of the molecule is O=C(CNC(=O)c1ccc(C(F)(F)F)cc1)OCc1csc2ccccc12. The Morgan fingerprint density at radius 1 is 1.04 bits per heavy atom. The Morgan fingerprint density at radius 2 is 1.74 bits per heavy atom. The van der Waals surface area contributed by atoms with Crippen LogP contribution in [0.5, 0.6) is 0 Å². The maximum atomic E-state index is 12.5. The topological polar surface area (TPSA) is 55.4 Å². The maximum absolute atomic E-state index is 12.5. The highest BCUT2D eigenvalue weighted by Crippen LogP contribution is 2.29. The van der Waals surface area contributed by atoms with E-state index in [1.807, 2.05) is 29.6 Å². The van der Waals surface area contributed by atoms with Crippen LogP contribution in [0.3, 0.4) is 0 Å². The summed E-state index contributed by atoms with van der Waals surface area (Å²) < 4.78 is 43.8. The summed E-state index contributed by atoms with van der Waals surface area (Å²) in [5.41, 5.74) is 0.0547. The van der Waals surface area contributed by atoms with E-state index in [9.17, 15) is 22.8 Å². The molecule has 0 unspecified atom stereocenters. The number of rotatable bonds is 5. The fraction of sp³-hybridized carbons (Fsp3) is 0.158. The molecule has 4 nitrogen and oxygen atoms in total. The molecule has 1 aromatic heterocycles. The van der Waals surface area contributed by atoms with Gasteiger partial charge in [-0.3, -0.25) is 9.59 Å². The van der Waals surface area contributed by atoms with Crippen molar-refractivity contribution < 1.29 is 27.5 Å². The molecule has 1 N–H and O–H groups in total. The van der Waals surface area contributed by atoms with Crippen LogP contribution < -0.4 is 5.32 Å². The highest BCUT2D eigenvalue weighted by Gasteiger charge is 2.30. The summed E-state index contributed by atoms with van der Waals surface area (Å²) >= 11 is 1.54. The summed E-state index contributed by atoms with van der Waals surface area (Å²) in [6.07, 6.45) is -4.47. The van der Waals surface area contributed by atoms with E-state index in [0.717, 1.165) is 39.9 Å². The molecule has 3 aromatic rings. The molecule has 0 atom stereocenters. The minimum Gasteiger partial charge on any atom is -0.459 e. The summed E-state index contributed by atoms with van der Waals surface area (Å²) in [4.78, 5) is 23.7. The van der Waals surface area contributed by atoms with Crippen molar-refractivity contribution in [3.05, 3.63) is 70.6 Å². The third-order valence-electron chi connectivity index (χ3n) is 3.82. The summed E-state index contributed by atoms with van der Waals surface area (Å²) in [7, 11) is 0. The van der Waals surface area contributed by atoms with Gasteiger partial charge in [-0.15, -0.1) is 11.3 Å². The molecular formula is C19H14F3NO3S. The van der Waals surface area contributed by atoms with E-state index in [4.69, 9.17) is 4.74 Å². The van der Waals surface area contributed by atoms with Crippen LogP contribution in [0.2, 0.25) is 0 Å². The van der Waals surface area contributed by atoms with Crippen molar-refractivity contribution in [3.63, 3.8) is 0 Å². The molecule has 0 aliphatic carbocycles. The first-order valence-corrected chi connectivity index (χ1v) is 8.79. The molecule has 3 rings (SSSR count). The summed E-state index contributed by atoms with van der Waals surface area (Å²) in [6.45, 7) is -0.291. The molecule has 1 amide bonds. The van der Waals surface area contributed by atoms with Gasteiger partial charge in [0.05, 0.1) is 5.56 Å². The predicted octanol–water partition coefficient (Wildman–Crippen LogP) is 4.39. The molecule has 1 heterocycles. The maximum Gasteiger partial charge on any atom is 0.416 e. The van der Waals surface area contributed by atoms with Crippen molar-refractivity contribution in [3.8, 4) is 0 Å². The average molecular weight is 393 g/mol. The Morgan fingerprint density at radius 3 is 2.44 bits per heavy atom. The van der Waals surface area contributed by atoms with Gasteiger partial charge in [-0.2, -0.15) is 13.2 Å². The van der Waals surface area contributed by atoms with E-state index in [1.54, 1.807) is 11.3 Å². The molecule has 0 aliphatic heterocycles. The third kappa shape index (κ3) is 4.65. The number of halogens is 3. The number of hydrogen-bond donors (Lipinski definition) is 1. The zero-order valence-electron chi connectivity index (χ0n) is 13.9. The molecule has 0 radical (unpaired) electrons. The van der Waals surface area contributed by atoms with Crippen LogP contribution in [0, 0.1) is 0 Å². The number of thiophene rings is 1. The lowest BCUT2D eigenvalue weighted by Gasteiger charge is -2.08. The number of ether oxygens (including phenoxy) is 1. The van der Waals surface area contributed by atoms with Gasteiger partial charge in [-0.05, 0) is 41.1 Å². The second kappa shape index (κ2) is 7.79. The standard InChI is InChI=1S/C19H14F3NO3S/c20-19(21,22)14-7-5-12(6-8-14)18(25)23-9-17(24)26-10-13-11-27-16-4-2-1-3-15(13)16/h1-8,11H,9-10H2,(H,23,25). The molecule has 0 saturated carbocycles. The lowest BCUT2D eigenvalue weighted by atomic mass is 10.1. The lowest BCUT2D eigenvalue weighted by molar-refractivity contribution is -0.143. The van der Waals surface area contributed by atoms with Crippen LogP contribution >= 0.6 is 11.3 Å². The van der Waals surface area contributed by atoms with Crippen molar-refractivity contribution in [1.82, 2.24) is 5.32 Å². The van der Waals surface area contributed by atoms with Crippen LogP contribution in [0.15, 0.2) is 53.9 Å². The van der Waals surface area contributed by atoms with E-state index in [2.05, 4.69) is 5.32 Å². The van der Waals surface area contributed by atoms with E-state index in [1.165, 1.54) is 0 Å². The summed E-state index contributed by atoms with van der Waals surface area (Å²) in [6, 6.07) is 11.5. The van der Waals surface area contributed by atoms with Gasteiger partial charge in [0.15, 0.2) is 0 Å². The van der Waals surface area contributed by atoms with Gasteiger partial charge in [0.2, 0.25) is 0 Å². The van der Waals surface area contributed by atoms with Gasteiger partial charge >= 0.3 is 12.1 Å². The van der Waals surface area contributed by atoms with Crippen LogP contribution in [0.25, 0.3) is 10.1 Å². The minimum atomic E-state index is -4.47. The molecule has 0 saturated heterocycles. The van der Waals surface area contributed by atoms with Crippen molar-refractivity contribution in [2.75, 3.05) is 6.54 Å². The van der Waals surface area contributed by atoms with Gasteiger partial charge in [0, 0.05) is 15.8 Å². The van der Waals surface area contributed by atoms with Crippen molar-refractivity contribution >= 4 is 33.3 Å². The monoisotopic (exact) mass is 393 g/mol. The van der Waals surface area contributed by atoms with E-state index >= 15 is 0 Å². The van der Waals surface area contributed by atoms with Gasteiger partial charge in [-0.1, -0.05) is 18.2 Å². The van der Waals surface area contributed by atoms with Crippen LogP contribution in [0.1, 0.15) is 21.5 Å². The molecule has 0 fully saturated rings. The number of amides is 1. The Balaban J connectivity index is 1.50. The van der Waals surface area contributed by atoms with Crippen LogP contribution in [0.4, 0.5) is 13.2 Å². The number of esters is 1. The van der Waals surface area contributed by atoms with E-state index in [0.29, 0.717) is 0 Å². The summed E-state index contributed by atoms with van der Waals surface area (Å²) in [5.74, 6) is -1.28. The zero-order valence-corrected chi connectivity index (χ0v) is 14.7. The van der Waals surface area contributed by atoms with Crippen LogP contribution in [-0.2, 0) is 22.3 Å². The molecule has 0 spiro atoms. The normalized spacial score (nSPS) is 11.4. The van der Waals surface area contributed by atoms with Gasteiger partial charge < -0.3 is 10.1 Å². The number of fused-ring (bicyclic) bond motifs is 1. The minimum absolute atomic E-state index is 0.0274. The fourth-order valence-electron chi connectivity index (χ4n) is 2.42. The smallest absolute Gasteiger partial charge is 0.416 e. The van der Waals surface area contributed by atoms with Crippen molar-refractivity contribution in [1.29, 1.82) is 0 Å². The fourth-order valence-corrected chi connectivity index (χ4v) is 3.37. The highest BCUT2D eigenvalue weighted by molar-refractivity contribution is 7.17. The summed E-state index contributed by atoms with van der Waals surface area (Å²) in [5, 5.41) is 5.24. The number of carbonyl (C=O) groups excluding carboxylic acids is 2. The van der Waals surface area contributed by atoms with Gasteiger partial charge in [0.1, 0.15) is 13.2 Å². The second-order valence-corrected chi connectivity index (χ2v) is 6.59. The average Bonchev–Trinajstić information content (AvgIpc) is 3.07. The second-order valence-electron chi connectivity index (χ2n) is 5.68. The molecule has 0 bridgehead atoms. The number of nitrogens with one attached hydrogen (secondary N) is 1. The Hall–Kier alpha value is -2.87. The Bertz CT molecular complexity index is 964. The molecule has 140 valence electrons. The van der Waals surface area contributed by atoms with Crippen molar-refractivity contribution in [2.24, 2.45) is 0 Å². The molecule has 8 heteroatoms. The number of hydrogen-bond acceptors (Lipinski definition) is 4. The number of alkyl halides is 3. The highest BCUT2D eigenvalue weighted by atomic mass is 32.1. The number of carbonyl (C=O) groups is 2. The Labute approximate surface area is 156 Å². The zero-order chi connectivity index (χ0) is 19.4. The first-order valence-electron chi connectivity index (χ1n) is 7.91. The third-order valence-corrected chi connectivity index (χ3v) is 4.83. The van der Waals surface area contributed by atoms with E-state index in [-0.39, 0.29) is 18.7 Å². The van der Waals surface area contributed by atoms with Crippen molar-refractivity contribution in [2.45, 2.75) is 12.8 Å². The first kappa shape index (κ1) is 18.9. The largest absolute Gasteiger partial charge is 0.459 e. The number of benzene rings is 2. The molecule has 0 aliphatic rings. The molecule has 2 aromatic carbocycles. The quantitative estimate of drug-likeness (QED) is 0.654. The molecule has 27 heavy (non-hydrogen) atoms. The van der Waals surface area contributed by atoms with Gasteiger partial charge in [-0.25, -0.2) is 0 Å². The van der Waals surface area contributed by atoms with Gasteiger partial charge in [0.25, 0.3) is 5.91 Å². The predicted molar refractivity (Wildman–Crippen MR) is 95.4 cm³/mol. The molecular weight excluding hydrogens is 379 g/mol. The Kier molecular flexibility index (Phi) is 5.46. The first-order chi connectivity index (χ1) is 12.8. The van der Waals surface area contributed by atoms with E-state index < -0.39 is 23.6 Å².